The topological polar surface area (TPSA) is 130 Å². The molecule has 2 saturated carbocycles. The number of rotatable bonds is 10. The fraction of sp³-hybridized carbons (Fsp3) is 0.727. The van der Waals surface area contributed by atoms with Crippen LogP contribution in [0.3, 0.4) is 0 Å². The average Bonchev–Trinajstić information content (AvgIpc) is 3.32. The second-order valence-electron chi connectivity index (χ2n) is 13.4. The third-order valence-corrected chi connectivity index (χ3v) is 10.8. The van der Waals surface area contributed by atoms with Crippen molar-refractivity contribution < 1.29 is 39.2 Å². The zero-order valence-electron chi connectivity index (χ0n) is 25.7. The molecule has 4 aliphatic carbocycles. The molecule has 0 amide bonds. The van der Waals surface area contributed by atoms with E-state index in [0.29, 0.717) is 24.0 Å². The van der Waals surface area contributed by atoms with E-state index < -0.39 is 64.6 Å². The molecule has 2 bridgehead atoms. The van der Waals surface area contributed by atoms with Crippen LogP contribution in [0.4, 0.5) is 0 Å². The van der Waals surface area contributed by atoms with Crippen molar-refractivity contribution in [2.24, 2.45) is 28.6 Å². The van der Waals surface area contributed by atoms with E-state index in [1.807, 2.05) is 20.8 Å². The van der Waals surface area contributed by atoms with E-state index in [1.165, 1.54) is 0 Å². The third kappa shape index (κ3) is 4.47. The van der Waals surface area contributed by atoms with E-state index in [-0.39, 0.29) is 17.3 Å². The molecule has 0 saturated heterocycles. The molecule has 4 aliphatic rings. The predicted molar refractivity (Wildman–Crippen MR) is 153 cm³/mol. The maximum Gasteiger partial charge on any atom is 0.334 e. The highest BCUT2D eigenvalue weighted by Gasteiger charge is 2.83. The quantitative estimate of drug-likeness (QED) is 0.152. The number of hydrogen-bond donors (Lipinski definition) is 3. The largest absolute Gasteiger partial charge is 0.458 e. The van der Waals surface area contributed by atoms with Crippen LogP contribution in [-0.4, -0.2) is 63.1 Å². The zero-order valence-corrected chi connectivity index (χ0v) is 25.7. The molecule has 4 rings (SSSR count). The molecule has 2 fully saturated rings. The first-order valence-electron chi connectivity index (χ1n) is 15.2. The summed E-state index contributed by atoms with van der Waals surface area (Å²) in [6.45, 7) is 12.3. The van der Waals surface area contributed by atoms with Crippen molar-refractivity contribution >= 4 is 17.7 Å². The molecule has 41 heavy (non-hydrogen) atoms. The van der Waals surface area contributed by atoms with E-state index in [4.69, 9.17) is 9.47 Å². The van der Waals surface area contributed by atoms with Crippen LogP contribution in [0, 0.1) is 28.6 Å². The highest BCUT2D eigenvalue weighted by Crippen LogP contribution is 2.75. The summed E-state index contributed by atoms with van der Waals surface area (Å²) in [7, 11) is 0. The lowest BCUT2D eigenvalue weighted by atomic mass is 9.59. The summed E-state index contributed by atoms with van der Waals surface area (Å²) in [6.07, 6.45) is 7.43. The number of ether oxygens (including phenoxy) is 2. The Morgan fingerprint density at radius 2 is 1.83 bits per heavy atom. The lowest BCUT2D eigenvalue weighted by Crippen LogP contribution is -2.66. The fourth-order valence-electron chi connectivity index (χ4n) is 8.34. The Kier molecular flexibility index (Phi) is 8.55. The molecule has 0 aliphatic heterocycles. The first-order chi connectivity index (χ1) is 19.2. The molecule has 8 nitrogen and oxygen atoms in total. The molecule has 0 heterocycles. The fourth-order valence-corrected chi connectivity index (χ4v) is 8.34. The van der Waals surface area contributed by atoms with E-state index in [9.17, 15) is 29.7 Å². The third-order valence-electron chi connectivity index (χ3n) is 10.8. The molecule has 228 valence electrons. The van der Waals surface area contributed by atoms with Crippen molar-refractivity contribution in [1.29, 1.82) is 0 Å². The molecule has 3 N–H and O–H groups in total. The number of aliphatic hydroxyl groups is 3. The van der Waals surface area contributed by atoms with Gasteiger partial charge in [-0.15, -0.1) is 0 Å². The van der Waals surface area contributed by atoms with Crippen molar-refractivity contribution in [3.63, 3.8) is 0 Å². The minimum Gasteiger partial charge on any atom is -0.458 e. The van der Waals surface area contributed by atoms with Crippen LogP contribution in [0.5, 0.6) is 0 Å². The molecule has 8 heteroatoms. The van der Waals surface area contributed by atoms with Crippen LogP contribution in [0.1, 0.15) is 93.4 Å². The van der Waals surface area contributed by atoms with Gasteiger partial charge in [0.2, 0.25) is 0 Å². The van der Waals surface area contributed by atoms with Gasteiger partial charge in [0, 0.05) is 29.2 Å². The normalized spacial score (nSPS) is 39.0. The van der Waals surface area contributed by atoms with Crippen molar-refractivity contribution in [3.05, 3.63) is 34.9 Å². The SMILES string of the molecule is C/C=C(\C)C(=O)O[C@H]1C(C)=C[C@]23C(=O)[C@@H](C=C(CO)[C@@H](O)[C@]12O)[C@@H]1C(C)(C)[C@]1(OC(=O)CCCCCCC)C[C@H]3C. The molecule has 0 radical (unpaired) electrons. The number of ketones is 1. The zero-order chi connectivity index (χ0) is 30.5. The number of unbranched alkanes of at least 4 members (excludes halogenated alkanes) is 4. The lowest BCUT2D eigenvalue weighted by Gasteiger charge is -2.49. The van der Waals surface area contributed by atoms with Gasteiger partial charge in [0.25, 0.3) is 0 Å². The monoisotopic (exact) mass is 572 g/mol. The van der Waals surface area contributed by atoms with Crippen LogP contribution in [0.15, 0.2) is 34.9 Å². The van der Waals surface area contributed by atoms with Gasteiger partial charge in [0.1, 0.15) is 11.7 Å². The van der Waals surface area contributed by atoms with E-state index in [1.54, 1.807) is 39.0 Å². The number of aliphatic hydroxyl groups excluding tert-OH is 2. The van der Waals surface area contributed by atoms with Gasteiger partial charge in [0.15, 0.2) is 17.5 Å². The van der Waals surface area contributed by atoms with Crippen LogP contribution < -0.4 is 0 Å². The second-order valence-corrected chi connectivity index (χ2v) is 13.4. The summed E-state index contributed by atoms with van der Waals surface area (Å²) in [5.41, 5.74) is -4.52. The van der Waals surface area contributed by atoms with Gasteiger partial charge >= 0.3 is 11.9 Å². The standard InChI is InChI=1S/C33H48O8/c1-8-10-11-12-13-14-24(35)41-32-17-21(5)31-16-20(4)28(40-29(38)19(3)9-2)33(31,39)26(36)22(18-34)15-23(27(31)37)25(32)30(32,6)7/h9,15-16,21,23,25-26,28,34,36,39H,8,10-14,17-18H2,1-7H3/b19-9+/t21-,23+,25-,26-,28+,31+,32+,33+/m1/s1. The smallest absolute Gasteiger partial charge is 0.334 e. The van der Waals surface area contributed by atoms with Gasteiger partial charge in [-0.1, -0.05) is 71.6 Å². The summed E-state index contributed by atoms with van der Waals surface area (Å²) < 4.78 is 12.1. The van der Waals surface area contributed by atoms with Crippen LogP contribution in [0.2, 0.25) is 0 Å². The van der Waals surface area contributed by atoms with E-state index in [2.05, 4.69) is 6.92 Å². The average molecular weight is 573 g/mol. The number of carbonyl (C=O) groups is 3. The van der Waals surface area contributed by atoms with Crippen molar-refractivity contribution in [2.75, 3.05) is 6.61 Å². The molecule has 0 aromatic carbocycles. The van der Waals surface area contributed by atoms with Gasteiger partial charge in [-0.05, 0) is 50.7 Å². The Hall–Kier alpha value is -2.29. The van der Waals surface area contributed by atoms with Gasteiger partial charge in [-0.3, -0.25) is 9.59 Å². The van der Waals surface area contributed by atoms with Crippen LogP contribution in [-0.2, 0) is 23.9 Å². The summed E-state index contributed by atoms with van der Waals surface area (Å²) in [5, 5.41) is 34.6. The Bertz CT molecular complexity index is 1180. The van der Waals surface area contributed by atoms with Crippen molar-refractivity contribution in [2.45, 2.75) is 117 Å². The van der Waals surface area contributed by atoms with Crippen molar-refractivity contribution in [1.82, 2.24) is 0 Å². The Morgan fingerprint density at radius 1 is 1.17 bits per heavy atom. The van der Waals surface area contributed by atoms with Gasteiger partial charge in [0.05, 0.1) is 12.0 Å². The molecule has 0 aromatic rings. The second kappa shape index (κ2) is 11.1. The highest BCUT2D eigenvalue weighted by molar-refractivity contribution is 5.96. The molecule has 0 unspecified atom stereocenters. The maximum absolute atomic E-state index is 14.7. The Balaban J connectivity index is 1.77. The lowest BCUT2D eigenvalue weighted by molar-refractivity contribution is -0.203. The Labute approximate surface area is 243 Å². The number of hydrogen-bond acceptors (Lipinski definition) is 8. The summed E-state index contributed by atoms with van der Waals surface area (Å²) >= 11 is 0. The minimum absolute atomic E-state index is 0.0904. The summed E-state index contributed by atoms with van der Waals surface area (Å²) in [4.78, 5) is 40.8. The first-order valence-corrected chi connectivity index (χ1v) is 15.2. The minimum atomic E-state index is -2.26. The summed E-state index contributed by atoms with van der Waals surface area (Å²) in [6, 6.07) is 0. The summed E-state index contributed by atoms with van der Waals surface area (Å²) in [5.74, 6) is -3.09. The van der Waals surface area contributed by atoms with Gasteiger partial charge < -0.3 is 24.8 Å². The number of allylic oxidation sites excluding steroid dienone is 2. The van der Waals surface area contributed by atoms with E-state index >= 15 is 0 Å². The molecular weight excluding hydrogens is 524 g/mol. The highest BCUT2D eigenvalue weighted by atomic mass is 16.6. The first kappa shape index (κ1) is 31.6. The van der Waals surface area contributed by atoms with Crippen LogP contribution in [0.25, 0.3) is 0 Å². The number of fused-ring (bicyclic) bond motifs is 3. The Morgan fingerprint density at radius 3 is 2.44 bits per heavy atom. The van der Waals surface area contributed by atoms with Gasteiger partial charge in [-0.2, -0.15) is 0 Å². The number of esters is 2. The number of carbonyl (C=O) groups excluding carboxylic acids is 3. The molecule has 1 spiro atoms. The molecular formula is C33H48O8. The molecule has 8 atom stereocenters. The predicted octanol–water partition coefficient (Wildman–Crippen LogP) is 4.36. The van der Waals surface area contributed by atoms with Crippen molar-refractivity contribution in [3.8, 4) is 0 Å². The maximum atomic E-state index is 14.7. The van der Waals surface area contributed by atoms with Crippen LogP contribution >= 0.6 is 0 Å². The van der Waals surface area contributed by atoms with Gasteiger partial charge in [-0.25, -0.2) is 4.79 Å². The molecule has 0 aromatic heterocycles. The number of Topliss-reactive ketones (excluding diaryl/α,β-unsaturated/α-hetero) is 1. The van der Waals surface area contributed by atoms with E-state index in [0.717, 1.165) is 32.1 Å².